The number of carbonyl (C=O) groups is 2. The third kappa shape index (κ3) is 2.92. The molecule has 1 atom stereocenters. The van der Waals surface area contributed by atoms with E-state index in [0.29, 0.717) is 23.7 Å². The van der Waals surface area contributed by atoms with Crippen LogP contribution in [0.3, 0.4) is 0 Å². The summed E-state index contributed by atoms with van der Waals surface area (Å²) in [6, 6.07) is 8.40. The van der Waals surface area contributed by atoms with E-state index in [2.05, 4.69) is 15.3 Å². The van der Waals surface area contributed by atoms with Gasteiger partial charge in [0, 0.05) is 23.9 Å². The highest BCUT2D eigenvalue weighted by Gasteiger charge is 2.33. The molecule has 1 aliphatic heterocycles. The Morgan fingerprint density at radius 3 is 2.79 bits per heavy atom. The second kappa shape index (κ2) is 6.27. The maximum absolute atomic E-state index is 12.5. The van der Waals surface area contributed by atoms with Crippen LogP contribution in [0, 0.1) is 6.92 Å². The Morgan fingerprint density at radius 2 is 2.08 bits per heavy atom. The number of fused-ring (bicyclic) bond motifs is 1. The number of benzene rings is 1. The molecular weight excluding hydrogens is 308 g/mol. The number of hydrogen-bond acceptors (Lipinski definition) is 5. The lowest BCUT2D eigenvalue weighted by atomic mass is 10.1. The van der Waals surface area contributed by atoms with Crippen molar-refractivity contribution < 1.29 is 14.3 Å². The summed E-state index contributed by atoms with van der Waals surface area (Å²) in [5.41, 5.74) is 2.25. The normalized spacial score (nSPS) is 14.3. The Balaban J connectivity index is 1.74. The Bertz CT molecular complexity index is 806. The molecule has 24 heavy (non-hydrogen) atoms. The summed E-state index contributed by atoms with van der Waals surface area (Å²) in [5.74, 6) is 0.0442. The highest BCUT2D eigenvalue weighted by atomic mass is 16.5. The number of amides is 2. The Labute approximate surface area is 139 Å². The van der Waals surface area contributed by atoms with Crippen LogP contribution in [0.25, 0.3) is 0 Å². The lowest BCUT2D eigenvalue weighted by Gasteiger charge is -2.23. The number of aromatic nitrogens is 2. The molecule has 0 bridgehead atoms. The fraction of sp³-hybridized carbons (Fsp3) is 0.294. The standard InChI is InChI=1S/C17H18N4O3/c1-10-8-14(24-3)19-17(18-10)20-15(22)11(2)21-9-12-6-4-5-7-13(12)16(21)23/h4-8,11H,9H2,1-3H3,(H,18,19,20,22)/t11-/m1/s1. The van der Waals surface area contributed by atoms with E-state index in [9.17, 15) is 9.59 Å². The molecule has 1 aromatic carbocycles. The van der Waals surface area contributed by atoms with Gasteiger partial charge in [0.2, 0.25) is 17.7 Å². The van der Waals surface area contributed by atoms with E-state index >= 15 is 0 Å². The Kier molecular flexibility index (Phi) is 4.16. The third-order valence-corrected chi connectivity index (χ3v) is 3.97. The first kappa shape index (κ1) is 15.9. The first-order valence-corrected chi connectivity index (χ1v) is 7.59. The maximum Gasteiger partial charge on any atom is 0.255 e. The summed E-state index contributed by atoms with van der Waals surface area (Å²) in [5, 5.41) is 2.65. The number of hydrogen-bond donors (Lipinski definition) is 1. The van der Waals surface area contributed by atoms with Gasteiger partial charge in [0.05, 0.1) is 7.11 Å². The molecule has 2 aromatic rings. The molecule has 0 aliphatic carbocycles. The molecule has 7 heteroatoms. The zero-order chi connectivity index (χ0) is 17.3. The molecule has 2 amide bonds. The maximum atomic E-state index is 12.5. The quantitative estimate of drug-likeness (QED) is 0.926. The smallest absolute Gasteiger partial charge is 0.255 e. The molecule has 1 aliphatic rings. The zero-order valence-electron chi connectivity index (χ0n) is 13.7. The molecule has 0 fully saturated rings. The Hall–Kier alpha value is -2.96. The van der Waals surface area contributed by atoms with E-state index in [1.54, 1.807) is 26.0 Å². The van der Waals surface area contributed by atoms with Crippen LogP contribution in [-0.2, 0) is 11.3 Å². The molecular formula is C17H18N4O3. The average Bonchev–Trinajstić information content (AvgIpc) is 2.90. The van der Waals surface area contributed by atoms with Crippen molar-refractivity contribution in [2.24, 2.45) is 0 Å². The van der Waals surface area contributed by atoms with Crippen molar-refractivity contribution in [3.63, 3.8) is 0 Å². The van der Waals surface area contributed by atoms with E-state index < -0.39 is 6.04 Å². The first-order chi connectivity index (χ1) is 11.5. The highest BCUT2D eigenvalue weighted by Crippen LogP contribution is 2.24. The molecule has 3 rings (SSSR count). The minimum atomic E-state index is -0.639. The van der Waals surface area contributed by atoms with Crippen LogP contribution < -0.4 is 10.1 Å². The van der Waals surface area contributed by atoms with Crippen molar-refractivity contribution >= 4 is 17.8 Å². The van der Waals surface area contributed by atoms with Crippen LogP contribution in [0.15, 0.2) is 30.3 Å². The van der Waals surface area contributed by atoms with Gasteiger partial charge >= 0.3 is 0 Å². The minimum absolute atomic E-state index is 0.143. The van der Waals surface area contributed by atoms with Gasteiger partial charge in [-0.2, -0.15) is 4.98 Å². The molecule has 124 valence electrons. The second-order valence-electron chi connectivity index (χ2n) is 5.63. The predicted molar refractivity (Wildman–Crippen MR) is 87.7 cm³/mol. The van der Waals surface area contributed by atoms with Gasteiger partial charge in [0.1, 0.15) is 6.04 Å². The van der Waals surface area contributed by atoms with Crippen molar-refractivity contribution in [1.29, 1.82) is 0 Å². The van der Waals surface area contributed by atoms with Crippen molar-refractivity contribution in [2.75, 3.05) is 12.4 Å². The molecule has 0 unspecified atom stereocenters. The van der Waals surface area contributed by atoms with Gasteiger partial charge in [0.15, 0.2) is 0 Å². The summed E-state index contributed by atoms with van der Waals surface area (Å²) in [6.45, 7) is 3.89. The summed E-state index contributed by atoms with van der Waals surface area (Å²) in [6.07, 6.45) is 0. The molecule has 1 N–H and O–H groups in total. The third-order valence-electron chi connectivity index (χ3n) is 3.97. The van der Waals surface area contributed by atoms with Crippen molar-refractivity contribution in [3.05, 3.63) is 47.2 Å². The van der Waals surface area contributed by atoms with Crippen LogP contribution in [0.2, 0.25) is 0 Å². The zero-order valence-corrected chi connectivity index (χ0v) is 13.7. The van der Waals surface area contributed by atoms with Gasteiger partial charge in [-0.15, -0.1) is 0 Å². The topological polar surface area (TPSA) is 84.4 Å². The summed E-state index contributed by atoms with van der Waals surface area (Å²) in [7, 11) is 1.50. The summed E-state index contributed by atoms with van der Waals surface area (Å²) >= 11 is 0. The molecule has 0 saturated carbocycles. The largest absolute Gasteiger partial charge is 0.481 e. The molecule has 0 radical (unpaired) electrons. The van der Waals surface area contributed by atoms with E-state index in [-0.39, 0.29) is 17.8 Å². The average molecular weight is 326 g/mol. The lowest BCUT2D eigenvalue weighted by Crippen LogP contribution is -2.42. The minimum Gasteiger partial charge on any atom is -0.481 e. The van der Waals surface area contributed by atoms with Crippen molar-refractivity contribution in [2.45, 2.75) is 26.4 Å². The summed E-state index contributed by atoms with van der Waals surface area (Å²) in [4.78, 5) is 34.7. The van der Waals surface area contributed by atoms with Crippen LogP contribution in [0.1, 0.15) is 28.5 Å². The second-order valence-corrected chi connectivity index (χ2v) is 5.63. The molecule has 0 spiro atoms. The monoisotopic (exact) mass is 326 g/mol. The van der Waals surface area contributed by atoms with Gasteiger partial charge in [-0.25, -0.2) is 4.98 Å². The first-order valence-electron chi connectivity index (χ1n) is 7.59. The van der Waals surface area contributed by atoms with Gasteiger partial charge in [-0.05, 0) is 25.5 Å². The van der Waals surface area contributed by atoms with Gasteiger partial charge in [-0.3, -0.25) is 14.9 Å². The number of nitrogens with one attached hydrogen (secondary N) is 1. The molecule has 0 saturated heterocycles. The number of aryl methyl sites for hydroxylation is 1. The molecule has 2 heterocycles. The molecule has 1 aromatic heterocycles. The van der Waals surface area contributed by atoms with Crippen LogP contribution in [0.4, 0.5) is 5.95 Å². The fourth-order valence-corrected chi connectivity index (χ4v) is 2.65. The number of ether oxygens (including phenoxy) is 1. The van der Waals surface area contributed by atoms with E-state index in [4.69, 9.17) is 4.74 Å². The van der Waals surface area contributed by atoms with Gasteiger partial charge in [-0.1, -0.05) is 18.2 Å². The van der Waals surface area contributed by atoms with Crippen molar-refractivity contribution in [3.8, 4) is 5.88 Å². The number of anilines is 1. The van der Waals surface area contributed by atoms with Crippen LogP contribution >= 0.6 is 0 Å². The SMILES string of the molecule is COc1cc(C)nc(NC(=O)[C@@H](C)N2Cc3ccccc3C2=O)n1. The lowest BCUT2D eigenvalue weighted by molar-refractivity contribution is -0.120. The van der Waals surface area contributed by atoms with E-state index in [1.165, 1.54) is 12.0 Å². The van der Waals surface area contributed by atoms with Gasteiger partial charge < -0.3 is 9.64 Å². The van der Waals surface area contributed by atoms with Crippen LogP contribution in [-0.4, -0.2) is 39.8 Å². The summed E-state index contributed by atoms with van der Waals surface area (Å²) < 4.78 is 5.07. The highest BCUT2D eigenvalue weighted by molar-refractivity contribution is 6.03. The molecule has 7 nitrogen and oxygen atoms in total. The number of methoxy groups -OCH3 is 1. The van der Waals surface area contributed by atoms with E-state index in [1.807, 2.05) is 18.2 Å². The van der Waals surface area contributed by atoms with E-state index in [0.717, 1.165) is 5.56 Å². The van der Waals surface area contributed by atoms with Crippen molar-refractivity contribution in [1.82, 2.24) is 14.9 Å². The number of rotatable bonds is 4. The van der Waals surface area contributed by atoms with Crippen LogP contribution in [0.5, 0.6) is 5.88 Å². The fourth-order valence-electron chi connectivity index (χ4n) is 2.65. The number of carbonyl (C=O) groups excluding carboxylic acids is 2. The Morgan fingerprint density at radius 1 is 1.33 bits per heavy atom. The predicted octanol–water partition coefficient (Wildman–Crippen LogP) is 1.78. The van der Waals surface area contributed by atoms with Gasteiger partial charge in [0.25, 0.3) is 5.91 Å². The number of nitrogens with zero attached hydrogens (tertiary/aromatic N) is 3.